The molecular formula is C12H23NO3Si. The molecule has 98 valence electrons. The molecule has 1 aliphatic heterocycles. The largest absolute Gasteiger partial charge is 0.500 e. The van der Waals surface area contributed by atoms with E-state index in [4.69, 9.17) is 13.3 Å². The molecular weight excluding hydrogens is 234 g/mol. The molecule has 0 aromatic rings. The number of rotatable bonds is 7. The molecule has 0 spiro atoms. The van der Waals surface area contributed by atoms with Gasteiger partial charge in [-0.05, 0) is 25.6 Å². The highest BCUT2D eigenvalue weighted by molar-refractivity contribution is 6.60. The molecule has 1 rings (SSSR count). The van der Waals surface area contributed by atoms with Gasteiger partial charge in [0.15, 0.2) is 0 Å². The van der Waals surface area contributed by atoms with Crippen LogP contribution in [0.5, 0.6) is 0 Å². The zero-order valence-electron chi connectivity index (χ0n) is 11.2. The van der Waals surface area contributed by atoms with Crippen molar-refractivity contribution in [3.8, 4) is 0 Å². The lowest BCUT2D eigenvalue weighted by Gasteiger charge is -2.26. The molecule has 0 aromatic heterocycles. The summed E-state index contributed by atoms with van der Waals surface area (Å²) in [5.41, 5.74) is 1.33. The Bertz CT molecular complexity index is 279. The summed E-state index contributed by atoms with van der Waals surface area (Å²) in [5, 5.41) is 0. The summed E-state index contributed by atoms with van der Waals surface area (Å²) in [6.45, 7) is 4.11. The van der Waals surface area contributed by atoms with E-state index in [1.807, 2.05) is 0 Å². The molecule has 0 radical (unpaired) electrons. The van der Waals surface area contributed by atoms with E-state index >= 15 is 0 Å². The molecule has 0 unspecified atom stereocenters. The third-order valence-electron chi connectivity index (χ3n) is 3.06. The van der Waals surface area contributed by atoms with E-state index in [1.54, 1.807) is 21.3 Å². The molecule has 0 saturated heterocycles. The third kappa shape index (κ3) is 4.27. The monoisotopic (exact) mass is 257 g/mol. The lowest BCUT2D eigenvalue weighted by atomic mass is 10.2. The van der Waals surface area contributed by atoms with Gasteiger partial charge >= 0.3 is 8.80 Å². The molecule has 4 nitrogen and oxygen atoms in total. The summed E-state index contributed by atoms with van der Waals surface area (Å²) in [4.78, 5) is 2.28. The SMILES string of the molecule is CO[Si](CCCN1C=CC(C)=CC1)(OC)OC. The predicted molar refractivity (Wildman–Crippen MR) is 70.7 cm³/mol. The van der Waals surface area contributed by atoms with Gasteiger partial charge in [0, 0.05) is 40.5 Å². The van der Waals surface area contributed by atoms with Gasteiger partial charge < -0.3 is 18.2 Å². The van der Waals surface area contributed by atoms with Gasteiger partial charge in [-0.25, -0.2) is 0 Å². The fraction of sp³-hybridized carbons (Fsp3) is 0.667. The molecule has 17 heavy (non-hydrogen) atoms. The van der Waals surface area contributed by atoms with Crippen molar-refractivity contribution in [1.29, 1.82) is 0 Å². The zero-order chi connectivity index (χ0) is 12.7. The molecule has 0 N–H and O–H groups in total. The fourth-order valence-corrected chi connectivity index (χ4v) is 3.54. The molecule has 0 saturated carbocycles. The van der Waals surface area contributed by atoms with Gasteiger partial charge in [0.1, 0.15) is 0 Å². The van der Waals surface area contributed by atoms with E-state index < -0.39 is 8.80 Å². The summed E-state index contributed by atoms with van der Waals surface area (Å²) in [6, 6.07) is 0.851. The number of allylic oxidation sites excluding steroid dienone is 2. The molecule has 1 aliphatic rings. The topological polar surface area (TPSA) is 30.9 Å². The second-order valence-corrected chi connectivity index (χ2v) is 7.25. The molecule has 0 amide bonds. The number of hydrogen-bond donors (Lipinski definition) is 0. The highest BCUT2D eigenvalue weighted by Gasteiger charge is 2.36. The minimum Gasteiger partial charge on any atom is -0.377 e. The first kappa shape index (κ1) is 14.4. The molecule has 0 aromatic carbocycles. The Morgan fingerprint density at radius 3 is 2.35 bits per heavy atom. The van der Waals surface area contributed by atoms with Crippen molar-refractivity contribution in [2.45, 2.75) is 19.4 Å². The Labute approximate surface area is 105 Å². The summed E-state index contributed by atoms with van der Waals surface area (Å²) in [5.74, 6) is 0. The second-order valence-electron chi connectivity index (χ2n) is 4.16. The molecule has 5 heteroatoms. The van der Waals surface area contributed by atoms with Crippen molar-refractivity contribution in [2.24, 2.45) is 0 Å². The van der Waals surface area contributed by atoms with Crippen molar-refractivity contribution >= 4 is 8.80 Å². The minimum absolute atomic E-state index is 0.851. The van der Waals surface area contributed by atoms with Crippen LogP contribution in [-0.4, -0.2) is 48.1 Å². The van der Waals surface area contributed by atoms with Crippen LogP contribution in [0.15, 0.2) is 23.9 Å². The van der Waals surface area contributed by atoms with Crippen LogP contribution < -0.4 is 0 Å². The van der Waals surface area contributed by atoms with E-state index in [1.165, 1.54) is 5.57 Å². The van der Waals surface area contributed by atoms with E-state index in [9.17, 15) is 0 Å². The number of nitrogens with zero attached hydrogens (tertiary/aromatic N) is 1. The van der Waals surface area contributed by atoms with Crippen molar-refractivity contribution < 1.29 is 13.3 Å². The maximum atomic E-state index is 5.39. The molecule has 0 atom stereocenters. The Morgan fingerprint density at radius 2 is 1.88 bits per heavy atom. The van der Waals surface area contributed by atoms with E-state index in [0.29, 0.717) is 0 Å². The van der Waals surface area contributed by atoms with Gasteiger partial charge in [-0.3, -0.25) is 0 Å². The van der Waals surface area contributed by atoms with Gasteiger partial charge in [-0.15, -0.1) is 0 Å². The summed E-state index contributed by atoms with van der Waals surface area (Å²) in [7, 11) is 2.59. The van der Waals surface area contributed by atoms with Gasteiger partial charge in [-0.2, -0.15) is 0 Å². The third-order valence-corrected chi connectivity index (χ3v) is 5.89. The van der Waals surface area contributed by atoms with Crippen LogP contribution in [0.1, 0.15) is 13.3 Å². The lowest BCUT2D eigenvalue weighted by molar-refractivity contribution is 0.122. The van der Waals surface area contributed by atoms with Crippen molar-refractivity contribution in [3.05, 3.63) is 23.9 Å². The van der Waals surface area contributed by atoms with E-state index in [0.717, 1.165) is 25.6 Å². The van der Waals surface area contributed by atoms with Gasteiger partial charge in [0.25, 0.3) is 0 Å². The highest BCUT2D eigenvalue weighted by Crippen LogP contribution is 2.16. The predicted octanol–water partition coefficient (Wildman–Crippen LogP) is 2.03. The van der Waals surface area contributed by atoms with Crippen LogP contribution in [0.3, 0.4) is 0 Å². The fourth-order valence-electron chi connectivity index (χ4n) is 1.83. The molecule has 0 aliphatic carbocycles. The molecule has 1 heterocycles. The van der Waals surface area contributed by atoms with E-state index in [-0.39, 0.29) is 0 Å². The Morgan fingerprint density at radius 1 is 1.24 bits per heavy atom. The van der Waals surface area contributed by atoms with E-state index in [2.05, 4.69) is 30.2 Å². The Hall–Kier alpha value is -0.623. The van der Waals surface area contributed by atoms with Crippen LogP contribution >= 0.6 is 0 Å². The second kappa shape index (κ2) is 6.96. The van der Waals surface area contributed by atoms with Gasteiger partial charge in [0.05, 0.1) is 0 Å². The molecule has 0 fully saturated rings. The summed E-state index contributed by atoms with van der Waals surface area (Å²) >= 11 is 0. The van der Waals surface area contributed by atoms with Crippen molar-refractivity contribution in [2.75, 3.05) is 34.4 Å². The van der Waals surface area contributed by atoms with Crippen molar-refractivity contribution in [3.63, 3.8) is 0 Å². The maximum absolute atomic E-state index is 5.39. The average molecular weight is 257 g/mol. The van der Waals surface area contributed by atoms with Gasteiger partial charge in [-0.1, -0.05) is 11.6 Å². The van der Waals surface area contributed by atoms with Crippen LogP contribution in [-0.2, 0) is 13.3 Å². The summed E-state index contributed by atoms with van der Waals surface area (Å²) in [6.07, 6.45) is 7.52. The van der Waals surface area contributed by atoms with Crippen LogP contribution in [0, 0.1) is 0 Å². The highest BCUT2D eigenvalue weighted by atomic mass is 28.4. The lowest BCUT2D eigenvalue weighted by Crippen LogP contribution is -2.43. The van der Waals surface area contributed by atoms with Crippen molar-refractivity contribution in [1.82, 2.24) is 4.90 Å². The van der Waals surface area contributed by atoms with Crippen LogP contribution in [0.4, 0.5) is 0 Å². The maximum Gasteiger partial charge on any atom is 0.500 e. The van der Waals surface area contributed by atoms with Crippen LogP contribution in [0.2, 0.25) is 6.04 Å². The zero-order valence-corrected chi connectivity index (χ0v) is 12.2. The van der Waals surface area contributed by atoms with Gasteiger partial charge in [0.2, 0.25) is 0 Å². The smallest absolute Gasteiger partial charge is 0.377 e. The number of hydrogen-bond acceptors (Lipinski definition) is 4. The quantitative estimate of drug-likeness (QED) is 0.653. The first-order chi connectivity index (χ1) is 8.15. The normalized spacial score (nSPS) is 16.2. The average Bonchev–Trinajstić information content (AvgIpc) is 2.38. The Kier molecular flexibility index (Phi) is 5.91. The Balaban J connectivity index is 2.30. The summed E-state index contributed by atoms with van der Waals surface area (Å²) < 4.78 is 16.2. The first-order valence-electron chi connectivity index (χ1n) is 5.90. The standard InChI is InChI=1S/C12H23NO3Si/c1-12-6-9-13(10-7-12)8-5-11-17(14-2,15-3)16-4/h6-7,9H,5,8,10-11H2,1-4H3. The van der Waals surface area contributed by atoms with Crippen LogP contribution in [0.25, 0.3) is 0 Å². The molecule has 0 bridgehead atoms. The minimum atomic E-state index is -2.38. The first-order valence-corrected chi connectivity index (χ1v) is 7.83.